The maximum Gasteiger partial charge on any atom is 0.320 e. The van der Waals surface area contributed by atoms with Crippen LogP contribution in [0.1, 0.15) is 54.1 Å². The number of fused-ring (bicyclic) bond motifs is 2. The number of anilines is 2. The third kappa shape index (κ3) is 8.44. The van der Waals surface area contributed by atoms with Crippen LogP contribution < -0.4 is 20.7 Å². The van der Waals surface area contributed by atoms with E-state index in [2.05, 4.69) is 36.1 Å². The highest BCUT2D eigenvalue weighted by Gasteiger charge is 2.39. The van der Waals surface area contributed by atoms with Crippen LogP contribution in [-0.4, -0.2) is 153 Å². The van der Waals surface area contributed by atoms with Crippen molar-refractivity contribution in [2.24, 2.45) is 0 Å². The number of benzene rings is 3. The molecule has 2 aromatic heterocycles. The minimum atomic E-state index is -0.604. The molecule has 17 nitrogen and oxygen atoms in total. The van der Waals surface area contributed by atoms with E-state index in [4.69, 9.17) is 15.6 Å². The standard InChI is InChI=1S/C47H54N12O5/c48-43-41-42(32-7-10-37(11-8-32)64-36-5-2-1-3-6-36)52-59(44(41)50-31-49-43)34-15-19-56(20-16-34)47(63)57-27-23-54(24-28-57)18-4-17-53-21-25-55(26-22-53)35-9-12-38-33(29-35)30-58(46(38)62)39-13-14-40(60)51-45(39)61/h1-3,5-12,29,31,34,39H,4,13-28,30H2,(H2,48,49,50)(H,51,60,61). The second kappa shape index (κ2) is 17.9. The molecule has 5 amide bonds. The minimum Gasteiger partial charge on any atom is -0.457 e. The van der Waals surface area contributed by atoms with Crippen LogP contribution in [0.5, 0.6) is 11.5 Å². The highest BCUT2D eigenvalue weighted by molar-refractivity contribution is 6.05. The molecule has 17 heteroatoms. The number of likely N-dealkylation sites (tertiary alicyclic amines) is 1. The van der Waals surface area contributed by atoms with Crippen LogP contribution in [0.3, 0.4) is 0 Å². The molecule has 1 atom stereocenters. The monoisotopic (exact) mass is 866 g/mol. The number of carbonyl (C=O) groups excluding carboxylic acids is 4. The van der Waals surface area contributed by atoms with Crippen molar-refractivity contribution in [2.75, 3.05) is 89.2 Å². The molecule has 5 aromatic rings. The van der Waals surface area contributed by atoms with Gasteiger partial charge in [-0.1, -0.05) is 18.2 Å². The molecule has 0 radical (unpaired) electrons. The molecule has 3 aromatic carbocycles. The van der Waals surface area contributed by atoms with Crippen molar-refractivity contribution < 1.29 is 23.9 Å². The molecule has 0 bridgehead atoms. The fraction of sp³-hybridized carbons (Fsp3) is 0.426. The molecule has 5 aliphatic heterocycles. The van der Waals surface area contributed by atoms with Gasteiger partial charge in [0, 0.05) is 95.2 Å². The normalized spacial score (nSPS) is 20.2. The number of piperidine rings is 2. The number of carbonyl (C=O) groups is 4. The number of nitrogen functional groups attached to an aromatic ring is 1. The fourth-order valence-electron chi connectivity index (χ4n) is 9.93. The highest BCUT2D eigenvalue weighted by Crippen LogP contribution is 2.36. The number of nitrogens with one attached hydrogen (secondary N) is 1. The molecule has 64 heavy (non-hydrogen) atoms. The number of imide groups is 1. The lowest BCUT2D eigenvalue weighted by molar-refractivity contribution is -0.136. The second-order valence-electron chi connectivity index (χ2n) is 17.4. The summed E-state index contributed by atoms with van der Waals surface area (Å²) in [4.78, 5) is 72.9. The first-order valence-corrected chi connectivity index (χ1v) is 22.6. The van der Waals surface area contributed by atoms with Crippen molar-refractivity contribution in [2.45, 2.75) is 50.7 Å². The smallest absolute Gasteiger partial charge is 0.320 e. The van der Waals surface area contributed by atoms with Gasteiger partial charge in [-0.15, -0.1) is 0 Å². The summed E-state index contributed by atoms with van der Waals surface area (Å²) >= 11 is 0. The Morgan fingerprint density at radius 3 is 2.17 bits per heavy atom. The molecule has 0 saturated carbocycles. The Hall–Kier alpha value is -6.59. The second-order valence-corrected chi connectivity index (χ2v) is 17.4. The van der Waals surface area contributed by atoms with Gasteiger partial charge in [0.15, 0.2) is 5.65 Å². The SMILES string of the molecule is Nc1ncnc2c1c(-c1ccc(Oc3ccccc3)cc1)nn2C1CCN(C(=O)N2CCN(CCCN3CCN(c4ccc5c(c4)CN(C4CCC(=O)NC4=O)C5=O)CC3)CC2)CC1. The van der Waals surface area contributed by atoms with Crippen LogP contribution in [0.25, 0.3) is 22.3 Å². The molecular weight excluding hydrogens is 813 g/mol. The van der Waals surface area contributed by atoms with Crippen LogP contribution in [-0.2, 0) is 16.1 Å². The van der Waals surface area contributed by atoms with E-state index in [1.54, 1.807) is 4.90 Å². The predicted octanol–water partition coefficient (Wildman–Crippen LogP) is 4.22. The summed E-state index contributed by atoms with van der Waals surface area (Å²) in [5, 5.41) is 8.17. The van der Waals surface area contributed by atoms with E-state index < -0.39 is 6.04 Å². The maximum atomic E-state index is 13.7. The van der Waals surface area contributed by atoms with Gasteiger partial charge in [0.1, 0.15) is 35.4 Å². The van der Waals surface area contributed by atoms with Crippen LogP contribution in [0.4, 0.5) is 16.3 Å². The van der Waals surface area contributed by atoms with E-state index in [1.165, 1.54) is 6.33 Å². The van der Waals surface area contributed by atoms with Gasteiger partial charge in [-0.05, 0) is 98.9 Å². The number of nitrogens with zero attached hydrogens (tertiary/aromatic N) is 10. The topological polar surface area (TPSA) is 179 Å². The number of ether oxygens (including phenoxy) is 1. The lowest BCUT2D eigenvalue weighted by atomic mass is 10.0. The van der Waals surface area contributed by atoms with Gasteiger partial charge in [0.25, 0.3) is 5.91 Å². The van der Waals surface area contributed by atoms with E-state index >= 15 is 0 Å². The van der Waals surface area contributed by atoms with Gasteiger partial charge in [-0.2, -0.15) is 5.10 Å². The molecule has 332 valence electrons. The molecule has 0 spiro atoms. The maximum absolute atomic E-state index is 13.7. The van der Waals surface area contributed by atoms with Crippen LogP contribution in [0, 0.1) is 0 Å². The van der Waals surface area contributed by atoms with Gasteiger partial charge in [0.05, 0.1) is 11.4 Å². The average molecular weight is 867 g/mol. The molecule has 7 heterocycles. The summed E-state index contributed by atoms with van der Waals surface area (Å²) in [6, 6.07) is 23.1. The quantitative estimate of drug-likeness (QED) is 0.192. The van der Waals surface area contributed by atoms with E-state index in [0.29, 0.717) is 43.1 Å². The zero-order valence-electron chi connectivity index (χ0n) is 36.0. The van der Waals surface area contributed by atoms with Crippen molar-refractivity contribution in [3.8, 4) is 22.8 Å². The van der Waals surface area contributed by atoms with Gasteiger partial charge < -0.3 is 30.1 Å². The molecule has 10 rings (SSSR count). The molecule has 5 aliphatic rings. The van der Waals surface area contributed by atoms with Gasteiger partial charge >= 0.3 is 6.03 Å². The van der Waals surface area contributed by atoms with E-state index in [-0.39, 0.29) is 36.2 Å². The number of aromatic nitrogens is 4. The van der Waals surface area contributed by atoms with E-state index in [1.807, 2.05) is 81.2 Å². The van der Waals surface area contributed by atoms with Crippen molar-refractivity contribution in [1.82, 2.24) is 49.6 Å². The number of urea groups is 1. The molecule has 4 fully saturated rings. The molecule has 0 aliphatic carbocycles. The lowest BCUT2D eigenvalue weighted by Crippen LogP contribution is -2.54. The summed E-state index contributed by atoms with van der Waals surface area (Å²) in [6.45, 7) is 10.7. The third-order valence-electron chi connectivity index (χ3n) is 13.5. The first-order valence-electron chi connectivity index (χ1n) is 22.6. The fourth-order valence-corrected chi connectivity index (χ4v) is 9.93. The van der Waals surface area contributed by atoms with Gasteiger partial charge in [-0.3, -0.25) is 29.5 Å². The summed E-state index contributed by atoms with van der Waals surface area (Å²) in [6.07, 6.45) is 4.71. The first kappa shape index (κ1) is 41.4. The lowest BCUT2D eigenvalue weighted by Gasteiger charge is -2.40. The van der Waals surface area contributed by atoms with Crippen molar-refractivity contribution in [3.63, 3.8) is 0 Å². The predicted molar refractivity (Wildman–Crippen MR) is 241 cm³/mol. The Balaban J connectivity index is 0.659. The largest absolute Gasteiger partial charge is 0.457 e. The number of hydrogen-bond acceptors (Lipinski definition) is 12. The summed E-state index contributed by atoms with van der Waals surface area (Å²) in [5.74, 6) is 1.07. The van der Waals surface area contributed by atoms with Crippen molar-refractivity contribution >= 4 is 46.3 Å². The summed E-state index contributed by atoms with van der Waals surface area (Å²) < 4.78 is 7.98. The van der Waals surface area contributed by atoms with Gasteiger partial charge in [0.2, 0.25) is 11.8 Å². The molecule has 1 unspecified atom stereocenters. The highest BCUT2D eigenvalue weighted by atomic mass is 16.5. The zero-order chi connectivity index (χ0) is 43.7. The Kier molecular flexibility index (Phi) is 11.6. The Morgan fingerprint density at radius 2 is 1.45 bits per heavy atom. The zero-order valence-corrected chi connectivity index (χ0v) is 36.0. The van der Waals surface area contributed by atoms with Crippen LogP contribution in [0.2, 0.25) is 0 Å². The van der Waals surface area contributed by atoms with Crippen LogP contribution >= 0.6 is 0 Å². The van der Waals surface area contributed by atoms with Crippen LogP contribution in [0.15, 0.2) is 79.1 Å². The number of piperazine rings is 2. The number of nitrogens with two attached hydrogens (primary N) is 1. The minimum absolute atomic E-state index is 0.0704. The molecular formula is C47H54N12O5. The van der Waals surface area contributed by atoms with Crippen molar-refractivity contribution in [3.05, 3.63) is 90.3 Å². The number of hydrogen-bond donors (Lipinski definition) is 2. The number of para-hydroxylation sites is 1. The number of amides is 5. The summed E-state index contributed by atoms with van der Waals surface area (Å²) in [7, 11) is 0. The molecule has 4 saturated heterocycles. The Bertz CT molecular complexity index is 2530. The van der Waals surface area contributed by atoms with Crippen molar-refractivity contribution in [1.29, 1.82) is 0 Å². The Morgan fingerprint density at radius 1 is 0.766 bits per heavy atom. The third-order valence-corrected chi connectivity index (χ3v) is 13.5. The molecule has 3 N–H and O–H groups in total. The van der Waals surface area contributed by atoms with Gasteiger partial charge in [-0.25, -0.2) is 19.4 Å². The average Bonchev–Trinajstić information content (AvgIpc) is 3.88. The number of rotatable bonds is 10. The summed E-state index contributed by atoms with van der Waals surface area (Å²) in [5.41, 5.74) is 11.4. The van der Waals surface area contributed by atoms with E-state index in [0.717, 1.165) is 124 Å². The first-order chi connectivity index (χ1) is 31.3. The van der Waals surface area contributed by atoms with E-state index in [9.17, 15) is 19.2 Å². The Labute approximate surface area is 371 Å².